The maximum Gasteiger partial charge on any atom is 0.327 e. The summed E-state index contributed by atoms with van der Waals surface area (Å²) in [4.78, 5) is 25.6. The monoisotopic (exact) mass is 213 g/mol. The predicted octanol–water partition coefficient (Wildman–Crippen LogP) is 0.269. The summed E-state index contributed by atoms with van der Waals surface area (Å²) in [7, 11) is 1.64. The molecule has 0 aromatic rings. The number of hydrogen-bond donors (Lipinski definition) is 1. The SMILES string of the molecule is CN1CC(=O)N(CCNC(C)(C)C)C1=O. The molecule has 3 amide bonds. The summed E-state index contributed by atoms with van der Waals surface area (Å²) in [5.41, 5.74) is 0.0116. The van der Waals surface area contributed by atoms with Crippen molar-refractivity contribution in [1.29, 1.82) is 0 Å². The first-order valence-electron chi connectivity index (χ1n) is 5.12. The number of nitrogens with one attached hydrogen (secondary N) is 1. The van der Waals surface area contributed by atoms with Crippen molar-refractivity contribution in [3.8, 4) is 0 Å². The van der Waals surface area contributed by atoms with Gasteiger partial charge in [-0.25, -0.2) is 4.79 Å². The van der Waals surface area contributed by atoms with Gasteiger partial charge >= 0.3 is 6.03 Å². The molecule has 0 bridgehead atoms. The first-order valence-corrected chi connectivity index (χ1v) is 5.12. The lowest BCUT2D eigenvalue weighted by Gasteiger charge is -2.22. The second-order valence-electron chi connectivity index (χ2n) is 4.86. The zero-order valence-corrected chi connectivity index (χ0v) is 9.83. The largest absolute Gasteiger partial charge is 0.327 e. The first kappa shape index (κ1) is 12.0. The molecule has 15 heavy (non-hydrogen) atoms. The number of imide groups is 1. The second kappa shape index (κ2) is 4.18. The van der Waals surface area contributed by atoms with Gasteiger partial charge in [0.15, 0.2) is 0 Å². The fraction of sp³-hybridized carbons (Fsp3) is 0.800. The number of hydrogen-bond acceptors (Lipinski definition) is 3. The average molecular weight is 213 g/mol. The number of urea groups is 1. The molecule has 0 aromatic heterocycles. The normalized spacial score (nSPS) is 17.9. The zero-order valence-electron chi connectivity index (χ0n) is 9.83. The van der Waals surface area contributed by atoms with Crippen LogP contribution in [-0.2, 0) is 4.79 Å². The third-order valence-corrected chi connectivity index (χ3v) is 2.22. The van der Waals surface area contributed by atoms with Crippen molar-refractivity contribution >= 4 is 11.9 Å². The van der Waals surface area contributed by atoms with Gasteiger partial charge < -0.3 is 10.2 Å². The number of likely N-dealkylation sites (N-methyl/N-ethyl adjacent to an activating group) is 1. The maximum atomic E-state index is 11.5. The summed E-state index contributed by atoms with van der Waals surface area (Å²) in [6.07, 6.45) is 0. The van der Waals surface area contributed by atoms with E-state index in [1.807, 2.05) is 20.8 Å². The smallest absolute Gasteiger partial charge is 0.318 e. The molecule has 1 fully saturated rings. The van der Waals surface area contributed by atoms with E-state index in [2.05, 4.69) is 5.32 Å². The number of carbonyl (C=O) groups excluding carboxylic acids is 2. The lowest BCUT2D eigenvalue weighted by molar-refractivity contribution is -0.125. The molecule has 1 N–H and O–H groups in total. The third-order valence-electron chi connectivity index (χ3n) is 2.22. The van der Waals surface area contributed by atoms with E-state index >= 15 is 0 Å². The summed E-state index contributed by atoms with van der Waals surface area (Å²) in [6, 6.07) is -0.198. The Hall–Kier alpha value is -1.10. The van der Waals surface area contributed by atoms with E-state index in [9.17, 15) is 9.59 Å². The van der Waals surface area contributed by atoms with Crippen LogP contribution in [0, 0.1) is 0 Å². The molecule has 86 valence electrons. The summed E-state index contributed by atoms with van der Waals surface area (Å²) in [6.45, 7) is 7.43. The number of rotatable bonds is 3. The topological polar surface area (TPSA) is 52.7 Å². The highest BCUT2D eigenvalue weighted by atomic mass is 16.2. The number of carbonyl (C=O) groups is 2. The Balaban J connectivity index is 2.39. The van der Waals surface area contributed by atoms with Crippen LogP contribution < -0.4 is 5.32 Å². The van der Waals surface area contributed by atoms with Crippen LogP contribution in [0.25, 0.3) is 0 Å². The molecule has 5 nitrogen and oxygen atoms in total. The van der Waals surface area contributed by atoms with E-state index in [1.54, 1.807) is 7.05 Å². The Morgan fingerprint density at radius 3 is 2.33 bits per heavy atom. The highest BCUT2D eigenvalue weighted by Gasteiger charge is 2.32. The highest BCUT2D eigenvalue weighted by molar-refractivity contribution is 6.01. The lowest BCUT2D eigenvalue weighted by atomic mass is 10.1. The van der Waals surface area contributed by atoms with E-state index in [-0.39, 0.29) is 24.0 Å². The van der Waals surface area contributed by atoms with E-state index in [0.29, 0.717) is 13.1 Å². The van der Waals surface area contributed by atoms with Crippen LogP contribution in [0.5, 0.6) is 0 Å². The van der Waals surface area contributed by atoms with Gasteiger partial charge in [-0.3, -0.25) is 9.69 Å². The van der Waals surface area contributed by atoms with Crippen molar-refractivity contribution < 1.29 is 9.59 Å². The molecule has 0 unspecified atom stereocenters. The molecule has 0 atom stereocenters. The first-order chi connectivity index (χ1) is 6.81. The van der Waals surface area contributed by atoms with Gasteiger partial charge in [0.2, 0.25) is 5.91 Å². The van der Waals surface area contributed by atoms with Crippen molar-refractivity contribution in [2.45, 2.75) is 26.3 Å². The van der Waals surface area contributed by atoms with Crippen molar-refractivity contribution in [2.24, 2.45) is 0 Å². The van der Waals surface area contributed by atoms with Crippen LogP contribution in [0.2, 0.25) is 0 Å². The van der Waals surface area contributed by atoms with Crippen LogP contribution in [-0.4, -0.2) is 54.0 Å². The molecule has 1 aliphatic rings. The highest BCUT2D eigenvalue weighted by Crippen LogP contribution is 2.07. The van der Waals surface area contributed by atoms with Crippen LogP contribution in [0.4, 0.5) is 4.79 Å². The zero-order chi connectivity index (χ0) is 11.6. The van der Waals surface area contributed by atoms with Crippen molar-refractivity contribution in [2.75, 3.05) is 26.7 Å². The third kappa shape index (κ3) is 3.20. The van der Waals surface area contributed by atoms with Crippen LogP contribution in [0.15, 0.2) is 0 Å². The number of nitrogens with zero attached hydrogens (tertiary/aromatic N) is 2. The molecule has 0 spiro atoms. The minimum Gasteiger partial charge on any atom is -0.318 e. The van der Waals surface area contributed by atoms with Gasteiger partial charge in [0.1, 0.15) is 6.54 Å². The van der Waals surface area contributed by atoms with E-state index in [0.717, 1.165) is 0 Å². The van der Waals surface area contributed by atoms with Crippen LogP contribution in [0.1, 0.15) is 20.8 Å². The quantitative estimate of drug-likeness (QED) is 0.685. The van der Waals surface area contributed by atoms with Gasteiger partial charge in [0.05, 0.1) is 0 Å². The fourth-order valence-electron chi connectivity index (χ4n) is 1.43. The molecular weight excluding hydrogens is 194 g/mol. The summed E-state index contributed by atoms with van der Waals surface area (Å²) < 4.78 is 0. The van der Waals surface area contributed by atoms with E-state index in [1.165, 1.54) is 9.80 Å². The van der Waals surface area contributed by atoms with Gasteiger partial charge in [0.25, 0.3) is 0 Å². The number of amides is 3. The molecule has 1 rings (SSSR count). The van der Waals surface area contributed by atoms with Gasteiger partial charge in [0, 0.05) is 25.7 Å². The van der Waals surface area contributed by atoms with E-state index < -0.39 is 0 Å². The maximum absolute atomic E-state index is 11.5. The average Bonchev–Trinajstić information content (AvgIpc) is 2.29. The summed E-state index contributed by atoms with van der Waals surface area (Å²) in [5.74, 6) is -0.113. The standard InChI is InChI=1S/C10H19N3O2/c1-10(2,3)11-5-6-13-8(14)7-12(4)9(13)15/h11H,5-7H2,1-4H3. The Bertz CT molecular complexity index is 270. The molecular formula is C10H19N3O2. The Labute approximate surface area is 90.4 Å². The minimum absolute atomic E-state index is 0.0116. The fourth-order valence-corrected chi connectivity index (χ4v) is 1.43. The summed E-state index contributed by atoms with van der Waals surface area (Å²) >= 11 is 0. The molecule has 5 heteroatoms. The lowest BCUT2D eigenvalue weighted by Crippen LogP contribution is -2.43. The predicted molar refractivity (Wildman–Crippen MR) is 57.5 cm³/mol. The summed E-state index contributed by atoms with van der Waals surface area (Å²) in [5, 5.41) is 3.24. The van der Waals surface area contributed by atoms with Gasteiger partial charge in [-0.15, -0.1) is 0 Å². The molecule has 1 heterocycles. The van der Waals surface area contributed by atoms with Crippen molar-refractivity contribution in [3.05, 3.63) is 0 Å². The van der Waals surface area contributed by atoms with Gasteiger partial charge in [-0.1, -0.05) is 0 Å². The van der Waals surface area contributed by atoms with Crippen molar-refractivity contribution in [3.63, 3.8) is 0 Å². The van der Waals surface area contributed by atoms with Gasteiger partial charge in [-0.05, 0) is 20.8 Å². The van der Waals surface area contributed by atoms with Crippen LogP contribution >= 0.6 is 0 Å². The Morgan fingerprint density at radius 1 is 1.33 bits per heavy atom. The molecule has 0 aromatic carbocycles. The minimum atomic E-state index is -0.198. The molecule has 1 aliphatic heterocycles. The van der Waals surface area contributed by atoms with E-state index in [4.69, 9.17) is 0 Å². The molecule has 0 radical (unpaired) electrons. The molecule has 0 saturated carbocycles. The Morgan fingerprint density at radius 2 is 1.93 bits per heavy atom. The second-order valence-corrected chi connectivity index (χ2v) is 4.86. The van der Waals surface area contributed by atoms with Gasteiger partial charge in [-0.2, -0.15) is 0 Å². The molecule has 1 saturated heterocycles. The molecule has 0 aliphatic carbocycles. The Kier molecular flexibility index (Phi) is 3.34. The van der Waals surface area contributed by atoms with Crippen molar-refractivity contribution in [1.82, 2.24) is 15.1 Å². The van der Waals surface area contributed by atoms with Crippen LogP contribution in [0.3, 0.4) is 0 Å².